The summed E-state index contributed by atoms with van der Waals surface area (Å²) in [4.78, 5) is 28.0. The van der Waals surface area contributed by atoms with Crippen molar-refractivity contribution in [2.75, 3.05) is 13.7 Å². The second-order valence-electron chi connectivity index (χ2n) is 5.57. The van der Waals surface area contributed by atoms with Gasteiger partial charge in [-0.2, -0.15) is 5.10 Å². The average molecular weight is 321 g/mol. The molecule has 3 rings (SSSR count). The lowest BCUT2D eigenvalue weighted by molar-refractivity contribution is -0.147. The molecule has 1 aliphatic heterocycles. The van der Waals surface area contributed by atoms with Gasteiger partial charge in [0.25, 0.3) is 5.91 Å². The van der Waals surface area contributed by atoms with Crippen LogP contribution in [0, 0.1) is 6.92 Å². The third kappa shape index (κ3) is 2.39. The van der Waals surface area contributed by atoms with E-state index in [-0.39, 0.29) is 11.9 Å². The Morgan fingerprint density at radius 1 is 1.41 bits per heavy atom. The molecule has 0 saturated carbocycles. The van der Waals surface area contributed by atoms with Crippen LogP contribution in [-0.4, -0.2) is 46.3 Å². The molecule has 3 heterocycles. The van der Waals surface area contributed by atoms with Crippen LogP contribution >= 0.6 is 11.3 Å². The molecule has 0 radical (unpaired) electrons. The van der Waals surface area contributed by atoms with Crippen molar-refractivity contribution in [3.63, 3.8) is 0 Å². The molecular formula is C15H19N3O3S. The summed E-state index contributed by atoms with van der Waals surface area (Å²) in [6.45, 7) is 2.53. The molecule has 1 unspecified atom stereocenters. The second kappa shape index (κ2) is 5.72. The summed E-state index contributed by atoms with van der Waals surface area (Å²) in [6.07, 6.45) is 2.54. The predicted octanol–water partition coefficient (Wildman–Crippen LogP) is 2.11. The Bertz CT molecular complexity index is 699. The Morgan fingerprint density at radius 2 is 2.18 bits per heavy atom. The van der Waals surface area contributed by atoms with E-state index in [1.807, 2.05) is 20.0 Å². The van der Waals surface area contributed by atoms with Crippen molar-refractivity contribution in [1.82, 2.24) is 14.7 Å². The highest BCUT2D eigenvalue weighted by Crippen LogP contribution is 2.30. The molecule has 118 valence electrons. The van der Waals surface area contributed by atoms with Gasteiger partial charge >= 0.3 is 5.97 Å². The van der Waals surface area contributed by atoms with Crippen molar-refractivity contribution in [3.05, 3.63) is 16.6 Å². The number of methoxy groups -OCH3 is 1. The minimum Gasteiger partial charge on any atom is -0.467 e. The minimum atomic E-state index is -0.462. The van der Waals surface area contributed by atoms with Crippen molar-refractivity contribution in [2.24, 2.45) is 7.05 Å². The first-order chi connectivity index (χ1) is 10.5. The third-order valence-electron chi connectivity index (χ3n) is 4.14. The lowest BCUT2D eigenvalue weighted by Gasteiger charge is -2.33. The van der Waals surface area contributed by atoms with E-state index in [1.165, 1.54) is 18.4 Å². The molecule has 0 N–H and O–H groups in total. The molecule has 0 bridgehead atoms. The van der Waals surface area contributed by atoms with Gasteiger partial charge in [-0.1, -0.05) is 0 Å². The normalized spacial score (nSPS) is 18.7. The molecule has 0 aliphatic carbocycles. The van der Waals surface area contributed by atoms with Gasteiger partial charge in [0.15, 0.2) is 0 Å². The van der Waals surface area contributed by atoms with E-state index in [9.17, 15) is 9.59 Å². The number of hydrogen-bond donors (Lipinski definition) is 0. The lowest BCUT2D eigenvalue weighted by Crippen LogP contribution is -2.48. The fourth-order valence-electron chi connectivity index (χ4n) is 3.01. The quantitative estimate of drug-likeness (QED) is 0.795. The second-order valence-corrected chi connectivity index (χ2v) is 6.60. The highest BCUT2D eigenvalue weighted by atomic mass is 32.1. The van der Waals surface area contributed by atoms with Gasteiger partial charge in [0, 0.05) is 19.0 Å². The van der Waals surface area contributed by atoms with Gasteiger partial charge in [0.1, 0.15) is 10.9 Å². The predicted molar refractivity (Wildman–Crippen MR) is 84.0 cm³/mol. The average Bonchev–Trinajstić information content (AvgIpc) is 3.08. The number of esters is 1. The summed E-state index contributed by atoms with van der Waals surface area (Å²) in [5.41, 5.74) is 0.913. The number of rotatable bonds is 2. The first kappa shape index (κ1) is 15.0. The first-order valence-electron chi connectivity index (χ1n) is 7.35. The zero-order valence-electron chi connectivity index (χ0n) is 13.0. The number of ether oxygens (including phenoxy) is 1. The molecule has 0 spiro atoms. The van der Waals surface area contributed by atoms with Crippen LogP contribution in [0.3, 0.4) is 0 Å². The molecular weight excluding hydrogens is 302 g/mol. The summed E-state index contributed by atoms with van der Waals surface area (Å²) < 4.78 is 6.64. The first-order valence-corrected chi connectivity index (χ1v) is 8.16. The maximum atomic E-state index is 12.8. The van der Waals surface area contributed by atoms with Crippen molar-refractivity contribution in [3.8, 4) is 0 Å². The Labute approximate surface area is 132 Å². The maximum absolute atomic E-state index is 12.8. The lowest BCUT2D eigenvalue weighted by atomic mass is 10.0. The summed E-state index contributed by atoms with van der Waals surface area (Å²) in [6, 6.07) is 1.42. The molecule has 1 saturated heterocycles. The number of carbonyl (C=O) groups is 2. The minimum absolute atomic E-state index is 0.0873. The fourth-order valence-corrected chi connectivity index (χ4v) is 4.09. The van der Waals surface area contributed by atoms with E-state index >= 15 is 0 Å². The van der Waals surface area contributed by atoms with Crippen molar-refractivity contribution < 1.29 is 14.3 Å². The number of likely N-dealkylation sites (tertiary alicyclic amines) is 1. The van der Waals surface area contributed by atoms with Gasteiger partial charge in [0.05, 0.1) is 17.7 Å². The number of carbonyl (C=O) groups excluding carboxylic acids is 2. The number of aryl methyl sites for hydroxylation is 2. The van der Waals surface area contributed by atoms with Crippen molar-refractivity contribution in [1.29, 1.82) is 0 Å². The number of fused-ring (bicyclic) bond motifs is 1. The van der Waals surface area contributed by atoms with E-state index in [1.54, 1.807) is 9.58 Å². The fraction of sp³-hybridized carbons (Fsp3) is 0.533. The van der Waals surface area contributed by atoms with Gasteiger partial charge in [-0.15, -0.1) is 11.3 Å². The Kier molecular flexibility index (Phi) is 3.90. The molecule has 1 aliphatic rings. The molecule has 2 aromatic rings. The number of amides is 1. The summed E-state index contributed by atoms with van der Waals surface area (Å²) in [5, 5.41) is 5.35. The van der Waals surface area contributed by atoms with E-state index in [0.29, 0.717) is 17.8 Å². The molecule has 1 fully saturated rings. The van der Waals surface area contributed by atoms with Gasteiger partial charge in [-0.05, 0) is 32.3 Å². The largest absolute Gasteiger partial charge is 0.467 e. The van der Waals surface area contributed by atoms with Crippen LogP contribution < -0.4 is 0 Å². The number of piperidine rings is 1. The van der Waals surface area contributed by atoms with Crippen LogP contribution in [0.25, 0.3) is 10.2 Å². The zero-order chi connectivity index (χ0) is 15.9. The van der Waals surface area contributed by atoms with Gasteiger partial charge in [0.2, 0.25) is 0 Å². The molecule has 22 heavy (non-hydrogen) atoms. The summed E-state index contributed by atoms with van der Waals surface area (Å²) >= 11 is 1.42. The molecule has 1 amide bonds. The summed E-state index contributed by atoms with van der Waals surface area (Å²) in [7, 11) is 3.24. The molecule has 1 atom stereocenters. The molecule has 7 heteroatoms. The Balaban J connectivity index is 1.93. The number of nitrogens with zero attached hydrogens (tertiary/aromatic N) is 3. The van der Waals surface area contributed by atoms with E-state index in [4.69, 9.17) is 4.74 Å². The van der Waals surface area contributed by atoms with Crippen LogP contribution in [0.2, 0.25) is 0 Å². The van der Waals surface area contributed by atoms with Crippen LogP contribution in [0.1, 0.15) is 34.6 Å². The Hall–Kier alpha value is -1.89. The molecule has 2 aromatic heterocycles. The summed E-state index contributed by atoms with van der Waals surface area (Å²) in [5.74, 6) is -0.414. The van der Waals surface area contributed by atoms with Crippen LogP contribution in [0.4, 0.5) is 0 Å². The third-order valence-corrected chi connectivity index (χ3v) is 5.33. The molecule has 0 aromatic carbocycles. The standard InChI is InChI=1S/C15H19N3O3S/c1-9-10-8-12(22-14(10)17(2)16-9)13(19)18-7-5-4-6-11(18)15(20)21-3/h8,11H,4-7H2,1-3H3. The van der Waals surface area contributed by atoms with E-state index in [2.05, 4.69) is 5.10 Å². The van der Waals surface area contributed by atoms with E-state index in [0.717, 1.165) is 28.8 Å². The zero-order valence-corrected chi connectivity index (χ0v) is 13.8. The monoisotopic (exact) mass is 321 g/mol. The highest BCUT2D eigenvalue weighted by molar-refractivity contribution is 7.20. The number of aromatic nitrogens is 2. The highest BCUT2D eigenvalue weighted by Gasteiger charge is 2.34. The van der Waals surface area contributed by atoms with Crippen molar-refractivity contribution in [2.45, 2.75) is 32.2 Å². The topological polar surface area (TPSA) is 64.4 Å². The smallest absolute Gasteiger partial charge is 0.328 e. The number of thiophene rings is 1. The SMILES string of the molecule is COC(=O)C1CCCCN1C(=O)c1cc2c(C)nn(C)c2s1. The number of hydrogen-bond acceptors (Lipinski definition) is 5. The maximum Gasteiger partial charge on any atom is 0.328 e. The van der Waals surface area contributed by atoms with Gasteiger partial charge in [-0.3, -0.25) is 9.48 Å². The van der Waals surface area contributed by atoms with Crippen LogP contribution in [0.5, 0.6) is 0 Å². The van der Waals surface area contributed by atoms with Crippen LogP contribution in [-0.2, 0) is 16.6 Å². The van der Waals surface area contributed by atoms with Gasteiger partial charge in [-0.25, -0.2) is 4.79 Å². The Morgan fingerprint density at radius 3 is 2.86 bits per heavy atom. The van der Waals surface area contributed by atoms with E-state index < -0.39 is 6.04 Å². The molecule has 6 nitrogen and oxygen atoms in total. The van der Waals surface area contributed by atoms with Crippen LogP contribution in [0.15, 0.2) is 6.07 Å². The van der Waals surface area contributed by atoms with Gasteiger partial charge < -0.3 is 9.64 Å². The van der Waals surface area contributed by atoms with Crippen molar-refractivity contribution >= 4 is 33.4 Å².